The fraction of sp³-hybridized carbons (Fsp3) is 0.548. The van der Waals surface area contributed by atoms with Gasteiger partial charge in [-0.1, -0.05) is 62.7 Å². The number of halogens is 2. The molecule has 1 fully saturated rings. The van der Waals surface area contributed by atoms with Crippen LogP contribution in [0.1, 0.15) is 71.4 Å². The minimum absolute atomic E-state index is 0. The fourth-order valence-corrected chi connectivity index (χ4v) is 4.35. The largest absolute Gasteiger partial charge is 0.489 e. The second-order valence-electron chi connectivity index (χ2n) is 11.5. The lowest BCUT2D eigenvalue weighted by Gasteiger charge is -2.32. The number of rotatable bonds is 10. The van der Waals surface area contributed by atoms with Gasteiger partial charge in [-0.3, -0.25) is 14.5 Å². The van der Waals surface area contributed by atoms with Gasteiger partial charge in [0, 0.05) is 5.54 Å². The van der Waals surface area contributed by atoms with Gasteiger partial charge in [0.05, 0.1) is 6.04 Å². The summed E-state index contributed by atoms with van der Waals surface area (Å²) in [5.74, 6) is 0.473. The molecular formula is C31H49BrClN3O4. The number of aliphatic carboxylic acids is 1. The Morgan fingerprint density at radius 1 is 0.975 bits per heavy atom. The summed E-state index contributed by atoms with van der Waals surface area (Å²) >= 11 is 0. The lowest BCUT2D eigenvalue weighted by atomic mass is 10.00. The molecule has 226 valence electrons. The smallest absolute Gasteiger partial charge is 0.320 e. The number of carboxylic acids is 1. The summed E-state index contributed by atoms with van der Waals surface area (Å²) in [5.41, 5.74) is 7.85. The first-order valence-electron chi connectivity index (χ1n) is 13.7. The second-order valence-corrected chi connectivity index (χ2v) is 11.5. The van der Waals surface area contributed by atoms with Crippen LogP contribution in [0.4, 0.5) is 0 Å². The van der Waals surface area contributed by atoms with Gasteiger partial charge in [0.15, 0.2) is 0 Å². The van der Waals surface area contributed by atoms with Crippen LogP contribution in [0, 0.1) is 5.92 Å². The molecule has 0 aliphatic carbocycles. The topological polar surface area (TPSA) is 105 Å². The Bertz CT molecular complexity index is 978. The quantitative estimate of drug-likeness (QED) is 0.293. The number of benzene rings is 2. The maximum absolute atomic E-state index is 12.0. The van der Waals surface area contributed by atoms with Crippen molar-refractivity contribution < 1.29 is 19.4 Å². The number of nitrogens with zero attached hydrogens (tertiary/aromatic N) is 1. The van der Waals surface area contributed by atoms with E-state index in [9.17, 15) is 9.59 Å². The SMILES string of the molecule is Br.CC(C)(C)NC(=O)[C@@H](N)Cc1ccc(OCc2ccccc2)cc1.CC(C)C[C@@H](C(=O)O)N1CCCCC1.Cl. The van der Waals surface area contributed by atoms with E-state index in [1.54, 1.807) is 0 Å². The second kappa shape index (κ2) is 19.1. The predicted molar refractivity (Wildman–Crippen MR) is 171 cm³/mol. The van der Waals surface area contributed by atoms with Crippen molar-refractivity contribution in [1.82, 2.24) is 10.2 Å². The van der Waals surface area contributed by atoms with E-state index in [0.29, 0.717) is 18.9 Å². The number of ether oxygens (including phenoxy) is 1. The summed E-state index contributed by atoms with van der Waals surface area (Å²) in [6.45, 7) is 12.4. The van der Waals surface area contributed by atoms with Crippen molar-refractivity contribution in [3.8, 4) is 5.75 Å². The van der Waals surface area contributed by atoms with Crippen LogP contribution < -0.4 is 15.8 Å². The van der Waals surface area contributed by atoms with Gasteiger partial charge in [0.2, 0.25) is 5.91 Å². The van der Waals surface area contributed by atoms with Crippen molar-refractivity contribution in [1.29, 1.82) is 0 Å². The van der Waals surface area contributed by atoms with Crippen LogP contribution in [0.25, 0.3) is 0 Å². The third kappa shape index (κ3) is 15.0. The van der Waals surface area contributed by atoms with Crippen LogP contribution in [-0.4, -0.2) is 52.6 Å². The molecule has 1 heterocycles. The fourth-order valence-electron chi connectivity index (χ4n) is 4.35. The molecule has 2 aromatic rings. The first-order valence-corrected chi connectivity index (χ1v) is 13.7. The zero-order valence-corrected chi connectivity index (χ0v) is 27.1. The molecular weight excluding hydrogens is 594 g/mol. The van der Waals surface area contributed by atoms with E-state index in [4.69, 9.17) is 15.6 Å². The number of carboxylic acid groups (broad SMARTS) is 1. The van der Waals surface area contributed by atoms with Crippen LogP contribution in [0.3, 0.4) is 0 Å². The minimum Gasteiger partial charge on any atom is -0.489 e. The maximum Gasteiger partial charge on any atom is 0.320 e. The van der Waals surface area contributed by atoms with Crippen LogP contribution in [0.2, 0.25) is 0 Å². The van der Waals surface area contributed by atoms with Crippen LogP contribution in [0.5, 0.6) is 5.75 Å². The molecule has 0 bridgehead atoms. The van der Waals surface area contributed by atoms with E-state index in [-0.39, 0.29) is 46.9 Å². The standard InChI is InChI=1S/C20H26N2O2.C11H21NO2.BrH.ClH/c1-20(2,3)22-19(23)18(21)13-15-9-11-17(12-10-15)24-14-16-7-5-4-6-8-16;1-9(2)8-10(11(13)14)12-6-4-3-5-7-12;;/h4-12,18H,13-14,21H2,1-3H3,(H,22,23);9-10H,3-8H2,1-2H3,(H,13,14);2*1H/t18-;10-;;/m00../s1. The Labute approximate surface area is 257 Å². The molecule has 1 aliphatic rings. The highest BCUT2D eigenvalue weighted by Gasteiger charge is 2.27. The van der Waals surface area contributed by atoms with Crippen molar-refractivity contribution in [2.24, 2.45) is 11.7 Å². The van der Waals surface area contributed by atoms with Crippen molar-refractivity contribution in [2.45, 2.75) is 91.0 Å². The third-order valence-electron chi connectivity index (χ3n) is 6.27. The van der Waals surface area contributed by atoms with E-state index in [1.165, 1.54) is 6.42 Å². The zero-order chi connectivity index (χ0) is 28.1. The molecule has 7 nitrogen and oxygen atoms in total. The summed E-state index contributed by atoms with van der Waals surface area (Å²) in [7, 11) is 0. The van der Waals surface area contributed by atoms with Crippen LogP contribution >= 0.6 is 29.4 Å². The predicted octanol–water partition coefficient (Wildman–Crippen LogP) is 6.02. The Morgan fingerprint density at radius 3 is 2.05 bits per heavy atom. The van der Waals surface area contributed by atoms with Crippen molar-refractivity contribution in [3.05, 3.63) is 65.7 Å². The van der Waals surface area contributed by atoms with Gasteiger partial charge >= 0.3 is 5.97 Å². The normalized spacial score (nSPS) is 14.9. The number of piperidine rings is 1. The zero-order valence-electron chi connectivity index (χ0n) is 24.6. The molecule has 1 saturated heterocycles. The number of carbonyl (C=O) groups is 2. The molecule has 2 atom stereocenters. The lowest BCUT2D eigenvalue weighted by Crippen LogP contribution is -2.49. The molecule has 40 heavy (non-hydrogen) atoms. The van der Waals surface area contributed by atoms with Crippen LogP contribution in [0.15, 0.2) is 54.6 Å². The van der Waals surface area contributed by atoms with Crippen LogP contribution in [-0.2, 0) is 22.6 Å². The van der Waals surface area contributed by atoms with Gasteiger partial charge < -0.3 is 20.9 Å². The third-order valence-corrected chi connectivity index (χ3v) is 6.27. The Kier molecular flexibility index (Phi) is 18.1. The molecule has 9 heteroatoms. The first kappa shape index (κ1) is 37.9. The Morgan fingerprint density at radius 2 is 1.55 bits per heavy atom. The lowest BCUT2D eigenvalue weighted by molar-refractivity contribution is -0.144. The molecule has 2 aromatic carbocycles. The van der Waals surface area contributed by atoms with E-state index >= 15 is 0 Å². The number of nitrogens with one attached hydrogen (secondary N) is 1. The molecule has 0 aromatic heterocycles. The molecule has 4 N–H and O–H groups in total. The van der Waals surface area contributed by atoms with E-state index in [0.717, 1.165) is 49.2 Å². The van der Waals surface area contributed by atoms with Crippen molar-refractivity contribution in [2.75, 3.05) is 13.1 Å². The average molecular weight is 643 g/mol. The molecule has 1 aliphatic heterocycles. The average Bonchev–Trinajstić information content (AvgIpc) is 2.87. The van der Waals surface area contributed by atoms with E-state index in [1.807, 2.05) is 75.4 Å². The minimum atomic E-state index is -0.652. The van der Waals surface area contributed by atoms with Crippen molar-refractivity contribution in [3.63, 3.8) is 0 Å². The van der Waals surface area contributed by atoms with E-state index in [2.05, 4.69) is 24.1 Å². The summed E-state index contributed by atoms with van der Waals surface area (Å²) in [4.78, 5) is 25.3. The monoisotopic (exact) mass is 641 g/mol. The summed E-state index contributed by atoms with van der Waals surface area (Å²) in [5, 5.41) is 12.0. The Hall–Kier alpha value is -2.13. The van der Waals surface area contributed by atoms with Gasteiger partial charge in [0.25, 0.3) is 0 Å². The highest BCUT2D eigenvalue weighted by molar-refractivity contribution is 8.93. The highest BCUT2D eigenvalue weighted by atomic mass is 79.9. The first-order chi connectivity index (χ1) is 17.9. The molecule has 0 unspecified atom stereocenters. The van der Waals surface area contributed by atoms with Gasteiger partial charge in [-0.25, -0.2) is 0 Å². The number of hydrogen-bond donors (Lipinski definition) is 3. The van der Waals surface area contributed by atoms with Gasteiger partial charge in [0.1, 0.15) is 18.4 Å². The van der Waals surface area contributed by atoms with Gasteiger partial charge in [-0.05, 0) is 88.7 Å². The number of amides is 1. The molecule has 0 saturated carbocycles. The molecule has 0 spiro atoms. The maximum atomic E-state index is 12.0. The van der Waals surface area contributed by atoms with Gasteiger partial charge in [-0.15, -0.1) is 29.4 Å². The van der Waals surface area contributed by atoms with E-state index < -0.39 is 12.0 Å². The summed E-state index contributed by atoms with van der Waals surface area (Å²) in [6, 6.07) is 16.9. The van der Waals surface area contributed by atoms with Gasteiger partial charge in [-0.2, -0.15) is 0 Å². The number of likely N-dealkylation sites (tertiary alicyclic amines) is 1. The summed E-state index contributed by atoms with van der Waals surface area (Å²) in [6.07, 6.45) is 4.84. The van der Waals surface area contributed by atoms with Crippen molar-refractivity contribution >= 4 is 41.3 Å². The molecule has 0 radical (unpaired) electrons. The summed E-state index contributed by atoms with van der Waals surface area (Å²) < 4.78 is 5.75. The molecule has 3 rings (SSSR count). The molecule has 1 amide bonds. The number of carbonyl (C=O) groups excluding carboxylic acids is 1. The number of nitrogens with two attached hydrogens (primary N) is 1. The highest BCUT2D eigenvalue weighted by Crippen LogP contribution is 2.18. The number of hydrogen-bond acceptors (Lipinski definition) is 5. The Balaban J connectivity index is 0.000000819.